The van der Waals surface area contributed by atoms with E-state index in [1.165, 1.54) is 11.1 Å². The van der Waals surface area contributed by atoms with Crippen LogP contribution in [0.5, 0.6) is 11.5 Å². The monoisotopic (exact) mass is 376 g/mol. The van der Waals surface area contributed by atoms with Crippen LogP contribution < -0.4 is 20.1 Å². The number of rotatable bonds is 7. The van der Waals surface area contributed by atoms with E-state index in [-0.39, 0.29) is 11.9 Å². The summed E-state index contributed by atoms with van der Waals surface area (Å²) in [7, 11) is 5.07. The molecule has 150 valence electrons. The summed E-state index contributed by atoms with van der Waals surface area (Å²) in [5.41, 5.74) is 2.48. The molecule has 1 atom stereocenters. The Morgan fingerprint density at radius 3 is 2.52 bits per heavy atom. The Hall–Kier alpha value is -2.44. The Morgan fingerprint density at radius 1 is 1.26 bits per heavy atom. The first-order valence-electron chi connectivity index (χ1n) is 9.51. The number of methoxy groups -OCH3 is 2. The molecule has 27 heavy (non-hydrogen) atoms. The Morgan fingerprint density at radius 2 is 1.93 bits per heavy atom. The molecule has 0 aliphatic carbocycles. The van der Waals surface area contributed by atoms with Gasteiger partial charge in [0.05, 0.1) is 14.2 Å². The van der Waals surface area contributed by atoms with Crippen molar-refractivity contribution in [2.75, 3.05) is 34.4 Å². The highest BCUT2D eigenvalue weighted by Gasteiger charge is 2.21. The van der Waals surface area contributed by atoms with Crippen LogP contribution in [0, 0.1) is 0 Å². The quantitative estimate of drug-likeness (QED) is 0.562. The van der Waals surface area contributed by atoms with Crippen molar-refractivity contribution in [1.29, 1.82) is 0 Å². The molecule has 0 bridgehead atoms. The maximum Gasteiger partial charge on any atom is 0.221 e. The standard InChI is InChI=1S/C20H32N4O3/c1-6-14(2)23-19(25)7-9-22-20(21-3)24-10-8-15-11-17(26-4)18(27-5)12-16(15)13-24/h11-12,14H,6-10,13H2,1-5H3,(H,21,22)(H,23,25). The van der Waals surface area contributed by atoms with Crippen LogP contribution in [0.15, 0.2) is 17.1 Å². The second-order valence-electron chi connectivity index (χ2n) is 6.75. The van der Waals surface area contributed by atoms with Crippen LogP contribution in [0.25, 0.3) is 0 Å². The first-order chi connectivity index (χ1) is 13.0. The number of hydrogen-bond donors (Lipinski definition) is 2. The minimum Gasteiger partial charge on any atom is -0.493 e. The van der Waals surface area contributed by atoms with E-state index in [1.54, 1.807) is 21.3 Å². The third-order valence-corrected chi connectivity index (χ3v) is 4.88. The van der Waals surface area contributed by atoms with Gasteiger partial charge in [-0.3, -0.25) is 9.79 Å². The van der Waals surface area contributed by atoms with Crippen molar-refractivity contribution < 1.29 is 14.3 Å². The summed E-state index contributed by atoms with van der Waals surface area (Å²) in [6.45, 7) is 6.24. The summed E-state index contributed by atoms with van der Waals surface area (Å²) in [6, 6.07) is 4.30. The lowest BCUT2D eigenvalue weighted by molar-refractivity contribution is -0.121. The molecule has 7 heteroatoms. The number of nitrogens with one attached hydrogen (secondary N) is 2. The highest BCUT2D eigenvalue weighted by atomic mass is 16.5. The van der Waals surface area contributed by atoms with Crippen molar-refractivity contribution in [3.8, 4) is 11.5 Å². The molecule has 1 aliphatic heterocycles. The molecule has 7 nitrogen and oxygen atoms in total. The van der Waals surface area contributed by atoms with Crippen molar-refractivity contribution in [1.82, 2.24) is 15.5 Å². The molecule has 1 unspecified atom stereocenters. The Labute approximate surface area is 162 Å². The number of carbonyl (C=O) groups excluding carboxylic acids is 1. The SMILES string of the molecule is CCC(C)NC(=O)CCNC(=NC)N1CCc2cc(OC)c(OC)cc2C1. The molecular weight excluding hydrogens is 344 g/mol. The third kappa shape index (κ3) is 5.52. The summed E-state index contributed by atoms with van der Waals surface area (Å²) < 4.78 is 10.8. The first kappa shape index (κ1) is 20.9. The molecule has 1 heterocycles. The van der Waals surface area contributed by atoms with E-state index in [0.717, 1.165) is 43.4 Å². The van der Waals surface area contributed by atoms with Crippen LogP contribution in [-0.2, 0) is 17.8 Å². The fourth-order valence-electron chi connectivity index (χ4n) is 3.13. The highest BCUT2D eigenvalue weighted by Crippen LogP contribution is 2.33. The molecule has 1 aromatic rings. The zero-order valence-electron chi connectivity index (χ0n) is 17.1. The van der Waals surface area contributed by atoms with E-state index < -0.39 is 0 Å². The molecule has 0 fully saturated rings. The van der Waals surface area contributed by atoms with Crippen molar-refractivity contribution in [3.63, 3.8) is 0 Å². The summed E-state index contributed by atoms with van der Waals surface area (Å²) in [5.74, 6) is 2.38. The number of nitrogens with zero attached hydrogens (tertiary/aromatic N) is 2. The zero-order valence-corrected chi connectivity index (χ0v) is 17.1. The molecule has 2 N–H and O–H groups in total. The average Bonchev–Trinajstić information content (AvgIpc) is 2.69. The van der Waals surface area contributed by atoms with Crippen molar-refractivity contribution in [2.45, 2.75) is 45.7 Å². The van der Waals surface area contributed by atoms with E-state index in [1.807, 2.05) is 13.0 Å². The lowest BCUT2D eigenvalue weighted by Crippen LogP contribution is -2.45. The predicted molar refractivity (Wildman–Crippen MR) is 108 cm³/mol. The molecule has 1 aromatic carbocycles. The minimum atomic E-state index is 0.0631. The molecule has 0 spiro atoms. The number of hydrogen-bond acceptors (Lipinski definition) is 4. The van der Waals surface area contributed by atoms with Gasteiger partial charge in [-0.1, -0.05) is 6.92 Å². The predicted octanol–water partition coefficient (Wildman–Crippen LogP) is 1.94. The number of aliphatic imine (C=N–C) groups is 1. The van der Waals surface area contributed by atoms with Crippen molar-refractivity contribution in [2.24, 2.45) is 4.99 Å². The lowest BCUT2D eigenvalue weighted by Gasteiger charge is -2.32. The van der Waals surface area contributed by atoms with E-state index in [2.05, 4.69) is 33.5 Å². The Kier molecular flexibility index (Phi) is 7.76. The maximum absolute atomic E-state index is 11.9. The highest BCUT2D eigenvalue weighted by molar-refractivity contribution is 5.81. The number of benzene rings is 1. The van der Waals surface area contributed by atoms with Gasteiger partial charge in [-0.25, -0.2) is 0 Å². The number of amides is 1. The fraction of sp³-hybridized carbons (Fsp3) is 0.600. The van der Waals surface area contributed by atoms with Gasteiger partial charge < -0.3 is 25.0 Å². The summed E-state index contributed by atoms with van der Waals surface area (Å²) in [6.07, 6.45) is 2.27. The topological polar surface area (TPSA) is 75.2 Å². The average molecular weight is 377 g/mol. The van der Waals surface area contributed by atoms with Crippen molar-refractivity contribution >= 4 is 11.9 Å². The largest absolute Gasteiger partial charge is 0.493 e. The molecule has 0 radical (unpaired) electrons. The second kappa shape index (κ2) is 10.0. The Bertz CT molecular complexity index is 675. The van der Waals surface area contributed by atoms with Gasteiger partial charge in [-0.05, 0) is 43.0 Å². The zero-order chi connectivity index (χ0) is 19.8. The number of guanidine groups is 1. The molecule has 0 saturated carbocycles. The minimum absolute atomic E-state index is 0.0631. The van der Waals surface area contributed by atoms with Gasteiger partial charge in [0, 0.05) is 39.1 Å². The normalized spacial score (nSPS) is 15.0. The number of carbonyl (C=O) groups is 1. The van der Waals surface area contributed by atoms with Gasteiger partial charge in [-0.2, -0.15) is 0 Å². The molecule has 0 aromatic heterocycles. The van der Waals surface area contributed by atoms with Crippen LogP contribution in [0.2, 0.25) is 0 Å². The summed E-state index contributed by atoms with van der Waals surface area (Å²) in [5, 5.41) is 6.28. The van der Waals surface area contributed by atoms with Crippen LogP contribution in [0.3, 0.4) is 0 Å². The van der Waals surface area contributed by atoms with Gasteiger partial charge in [-0.15, -0.1) is 0 Å². The van der Waals surface area contributed by atoms with Crippen LogP contribution in [0.1, 0.15) is 37.8 Å². The summed E-state index contributed by atoms with van der Waals surface area (Å²) >= 11 is 0. The lowest BCUT2D eigenvalue weighted by atomic mass is 9.99. The number of fused-ring (bicyclic) bond motifs is 1. The van der Waals surface area contributed by atoms with E-state index in [4.69, 9.17) is 9.47 Å². The molecule has 1 aliphatic rings. The van der Waals surface area contributed by atoms with Crippen molar-refractivity contribution in [3.05, 3.63) is 23.3 Å². The van der Waals surface area contributed by atoms with Crippen LogP contribution >= 0.6 is 0 Å². The van der Waals surface area contributed by atoms with E-state index in [0.29, 0.717) is 13.0 Å². The summed E-state index contributed by atoms with van der Waals surface area (Å²) in [4.78, 5) is 18.5. The van der Waals surface area contributed by atoms with Gasteiger partial charge in [0.15, 0.2) is 17.5 Å². The van der Waals surface area contributed by atoms with Gasteiger partial charge in [0.25, 0.3) is 0 Å². The van der Waals surface area contributed by atoms with Crippen LogP contribution in [0.4, 0.5) is 0 Å². The maximum atomic E-state index is 11.9. The van der Waals surface area contributed by atoms with Gasteiger partial charge in [0.2, 0.25) is 5.91 Å². The van der Waals surface area contributed by atoms with Gasteiger partial charge >= 0.3 is 0 Å². The third-order valence-electron chi connectivity index (χ3n) is 4.88. The molecule has 2 rings (SSSR count). The fourth-order valence-corrected chi connectivity index (χ4v) is 3.13. The van der Waals surface area contributed by atoms with Gasteiger partial charge in [0.1, 0.15) is 0 Å². The van der Waals surface area contributed by atoms with Crippen LogP contribution in [-0.4, -0.2) is 57.2 Å². The molecule has 0 saturated heterocycles. The Balaban J connectivity index is 1.95. The first-order valence-corrected chi connectivity index (χ1v) is 9.51. The molecule has 1 amide bonds. The van der Waals surface area contributed by atoms with E-state index in [9.17, 15) is 4.79 Å². The second-order valence-corrected chi connectivity index (χ2v) is 6.75. The number of ether oxygens (including phenoxy) is 2. The molecular formula is C20H32N4O3. The van der Waals surface area contributed by atoms with E-state index >= 15 is 0 Å². The smallest absolute Gasteiger partial charge is 0.221 e.